The van der Waals surface area contributed by atoms with Gasteiger partial charge in [-0.1, -0.05) is 18.2 Å². The van der Waals surface area contributed by atoms with E-state index in [1.807, 2.05) is 36.4 Å². The normalized spacial score (nSPS) is 12.6. The van der Waals surface area contributed by atoms with Gasteiger partial charge in [-0.15, -0.1) is 0 Å². The van der Waals surface area contributed by atoms with Crippen LogP contribution in [0.4, 0.5) is 5.82 Å². The lowest BCUT2D eigenvalue weighted by molar-refractivity contribution is 0.153. The molecule has 2 N–H and O–H groups in total. The number of rotatable bonds is 5. The zero-order chi connectivity index (χ0) is 12.1. The third-order valence-electron chi connectivity index (χ3n) is 2.54. The number of aliphatic hydroxyl groups excluding tert-OH is 1. The SMILES string of the molecule is COCC(CO)Nc1ccc2ccccc2n1. The average Bonchev–Trinajstić information content (AvgIpc) is 2.38. The van der Waals surface area contributed by atoms with Crippen LogP contribution in [-0.4, -0.2) is 36.5 Å². The number of aromatic nitrogens is 1. The molecule has 4 nitrogen and oxygen atoms in total. The number of hydrogen-bond acceptors (Lipinski definition) is 4. The molecule has 0 amide bonds. The average molecular weight is 232 g/mol. The van der Waals surface area contributed by atoms with Crippen LogP contribution in [0.3, 0.4) is 0 Å². The van der Waals surface area contributed by atoms with Crippen molar-refractivity contribution in [2.24, 2.45) is 0 Å². The van der Waals surface area contributed by atoms with Crippen LogP contribution in [0.5, 0.6) is 0 Å². The predicted molar refractivity (Wildman–Crippen MR) is 68.1 cm³/mol. The van der Waals surface area contributed by atoms with E-state index in [4.69, 9.17) is 9.84 Å². The highest BCUT2D eigenvalue weighted by molar-refractivity contribution is 5.80. The molecule has 0 aliphatic heterocycles. The van der Waals surface area contributed by atoms with Crippen molar-refractivity contribution in [1.29, 1.82) is 0 Å². The summed E-state index contributed by atoms with van der Waals surface area (Å²) in [5.41, 5.74) is 0.937. The summed E-state index contributed by atoms with van der Waals surface area (Å²) in [6.45, 7) is 0.466. The third kappa shape index (κ3) is 2.93. The Balaban J connectivity index is 2.18. The predicted octanol–water partition coefficient (Wildman–Crippen LogP) is 1.65. The Bertz CT molecular complexity index is 488. The quantitative estimate of drug-likeness (QED) is 0.823. The number of hydrogen-bond donors (Lipinski definition) is 2. The zero-order valence-electron chi connectivity index (χ0n) is 9.76. The van der Waals surface area contributed by atoms with Crippen LogP contribution in [0.2, 0.25) is 0 Å². The molecule has 2 aromatic rings. The molecule has 90 valence electrons. The van der Waals surface area contributed by atoms with Gasteiger partial charge in [-0.2, -0.15) is 0 Å². The van der Waals surface area contributed by atoms with E-state index in [2.05, 4.69) is 10.3 Å². The molecule has 4 heteroatoms. The Morgan fingerprint density at radius 3 is 2.88 bits per heavy atom. The minimum absolute atomic E-state index is 0.0162. The number of ether oxygens (including phenoxy) is 1. The number of methoxy groups -OCH3 is 1. The van der Waals surface area contributed by atoms with Gasteiger partial charge in [-0.05, 0) is 18.2 Å². The van der Waals surface area contributed by atoms with Gasteiger partial charge in [-0.25, -0.2) is 4.98 Å². The third-order valence-corrected chi connectivity index (χ3v) is 2.54. The maximum absolute atomic E-state index is 9.16. The molecule has 0 saturated heterocycles. The highest BCUT2D eigenvalue weighted by atomic mass is 16.5. The molecule has 0 saturated carbocycles. The van der Waals surface area contributed by atoms with Crippen LogP contribution in [0.25, 0.3) is 10.9 Å². The minimum Gasteiger partial charge on any atom is -0.394 e. The molecule has 1 atom stereocenters. The van der Waals surface area contributed by atoms with Crippen molar-refractivity contribution in [3.8, 4) is 0 Å². The van der Waals surface area contributed by atoms with E-state index < -0.39 is 0 Å². The summed E-state index contributed by atoms with van der Waals surface area (Å²) in [7, 11) is 1.61. The van der Waals surface area contributed by atoms with Gasteiger partial charge in [0.15, 0.2) is 0 Å². The minimum atomic E-state index is -0.131. The molecule has 0 spiro atoms. The van der Waals surface area contributed by atoms with E-state index in [9.17, 15) is 0 Å². The molecular formula is C13H16N2O2. The van der Waals surface area contributed by atoms with E-state index in [1.165, 1.54) is 0 Å². The highest BCUT2D eigenvalue weighted by Gasteiger charge is 2.07. The molecule has 0 aliphatic rings. The Hall–Kier alpha value is -1.65. The van der Waals surface area contributed by atoms with Crippen molar-refractivity contribution < 1.29 is 9.84 Å². The van der Waals surface area contributed by atoms with Gasteiger partial charge in [0.1, 0.15) is 5.82 Å². The van der Waals surface area contributed by atoms with Gasteiger partial charge in [0.2, 0.25) is 0 Å². The molecule has 1 unspecified atom stereocenters. The maximum atomic E-state index is 9.16. The van der Waals surface area contributed by atoms with Crippen LogP contribution < -0.4 is 5.32 Å². The first-order valence-corrected chi connectivity index (χ1v) is 5.55. The van der Waals surface area contributed by atoms with Crippen LogP contribution in [-0.2, 0) is 4.74 Å². The highest BCUT2D eigenvalue weighted by Crippen LogP contribution is 2.15. The van der Waals surface area contributed by atoms with Crippen molar-refractivity contribution in [3.63, 3.8) is 0 Å². The second-order valence-electron chi connectivity index (χ2n) is 3.87. The van der Waals surface area contributed by atoms with Gasteiger partial charge < -0.3 is 15.2 Å². The van der Waals surface area contributed by atoms with Crippen molar-refractivity contribution in [2.45, 2.75) is 6.04 Å². The van der Waals surface area contributed by atoms with Crippen LogP contribution in [0.1, 0.15) is 0 Å². The number of nitrogens with one attached hydrogen (secondary N) is 1. The number of aliphatic hydroxyl groups is 1. The lowest BCUT2D eigenvalue weighted by Crippen LogP contribution is -2.29. The van der Waals surface area contributed by atoms with Crippen molar-refractivity contribution in [2.75, 3.05) is 25.6 Å². The monoisotopic (exact) mass is 232 g/mol. The number of anilines is 1. The summed E-state index contributed by atoms with van der Waals surface area (Å²) in [6.07, 6.45) is 0. The second kappa shape index (κ2) is 5.61. The fourth-order valence-corrected chi connectivity index (χ4v) is 1.70. The number of nitrogens with zero attached hydrogens (tertiary/aromatic N) is 1. The maximum Gasteiger partial charge on any atom is 0.127 e. The van der Waals surface area contributed by atoms with E-state index >= 15 is 0 Å². The molecule has 0 fully saturated rings. The van der Waals surface area contributed by atoms with Gasteiger partial charge in [-0.3, -0.25) is 0 Å². The second-order valence-corrected chi connectivity index (χ2v) is 3.87. The molecular weight excluding hydrogens is 216 g/mol. The van der Waals surface area contributed by atoms with E-state index in [-0.39, 0.29) is 12.6 Å². The first kappa shape index (κ1) is 11.8. The van der Waals surface area contributed by atoms with Gasteiger partial charge in [0, 0.05) is 12.5 Å². The van der Waals surface area contributed by atoms with E-state index in [0.29, 0.717) is 6.61 Å². The molecule has 0 aliphatic carbocycles. The summed E-state index contributed by atoms with van der Waals surface area (Å²) in [4.78, 5) is 4.47. The van der Waals surface area contributed by atoms with Crippen molar-refractivity contribution >= 4 is 16.7 Å². The number of benzene rings is 1. The van der Waals surface area contributed by atoms with Crippen LogP contribution >= 0.6 is 0 Å². The van der Waals surface area contributed by atoms with Crippen LogP contribution in [0.15, 0.2) is 36.4 Å². The smallest absolute Gasteiger partial charge is 0.127 e. The Labute approximate surface area is 100 Å². The lowest BCUT2D eigenvalue weighted by atomic mass is 10.2. The topological polar surface area (TPSA) is 54.4 Å². The van der Waals surface area contributed by atoms with E-state index in [0.717, 1.165) is 16.7 Å². The summed E-state index contributed by atoms with van der Waals surface area (Å²) < 4.78 is 5.00. The molecule has 2 rings (SSSR count). The molecule has 0 bridgehead atoms. The fourth-order valence-electron chi connectivity index (χ4n) is 1.70. The Kier molecular flexibility index (Phi) is 3.90. The first-order valence-electron chi connectivity index (χ1n) is 5.55. The van der Waals surface area contributed by atoms with Gasteiger partial charge in [0.05, 0.1) is 24.8 Å². The van der Waals surface area contributed by atoms with Gasteiger partial charge in [0.25, 0.3) is 0 Å². The van der Waals surface area contributed by atoms with Crippen molar-refractivity contribution in [1.82, 2.24) is 4.98 Å². The molecule has 0 radical (unpaired) electrons. The summed E-state index contributed by atoms with van der Waals surface area (Å²) in [6, 6.07) is 11.7. The Morgan fingerprint density at radius 1 is 1.29 bits per heavy atom. The van der Waals surface area contributed by atoms with E-state index in [1.54, 1.807) is 7.11 Å². The molecule has 17 heavy (non-hydrogen) atoms. The molecule has 1 heterocycles. The van der Waals surface area contributed by atoms with Crippen LogP contribution in [0, 0.1) is 0 Å². The Morgan fingerprint density at radius 2 is 2.12 bits per heavy atom. The number of pyridine rings is 1. The fraction of sp³-hybridized carbons (Fsp3) is 0.308. The molecule has 1 aromatic heterocycles. The summed E-state index contributed by atoms with van der Waals surface area (Å²) in [5.74, 6) is 0.750. The van der Waals surface area contributed by atoms with Gasteiger partial charge >= 0.3 is 0 Å². The number of fused-ring (bicyclic) bond motifs is 1. The summed E-state index contributed by atoms with van der Waals surface area (Å²) in [5, 5.41) is 13.4. The summed E-state index contributed by atoms with van der Waals surface area (Å²) >= 11 is 0. The standard InChI is InChI=1S/C13H16N2O2/c1-17-9-11(8-16)14-13-7-6-10-4-2-3-5-12(10)15-13/h2-7,11,16H,8-9H2,1H3,(H,14,15). The number of para-hydroxylation sites is 1. The van der Waals surface area contributed by atoms with Crippen molar-refractivity contribution in [3.05, 3.63) is 36.4 Å². The lowest BCUT2D eigenvalue weighted by Gasteiger charge is -2.15. The first-order chi connectivity index (χ1) is 8.33. The zero-order valence-corrected chi connectivity index (χ0v) is 9.76. The molecule has 1 aromatic carbocycles. The largest absolute Gasteiger partial charge is 0.394 e.